The van der Waals surface area contributed by atoms with Crippen LogP contribution in [0.1, 0.15) is 37.4 Å². The largest absolute Gasteiger partial charge is 0.435 e. The number of hydrogen-bond acceptors (Lipinski definition) is 3. The molecule has 0 bridgehead atoms. The normalized spacial score (nSPS) is 13.0. The Morgan fingerprint density at radius 2 is 1.41 bits per heavy atom. The van der Waals surface area contributed by atoms with Crippen molar-refractivity contribution >= 4 is 28.3 Å². The van der Waals surface area contributed by atoms with E-state index >= 15 is 0 Å². The van der Waals surface area contributed by atoms with Gasteiger partial charge in [0.1, 0.15) is 0 Å². The van der Waals surface area contributed by atoms with Gasteiger partial charge >= 0.3 is 18.0 Å². The fourth-order valence-electron chi connectivity index (χ4n) is 4.47. The average molecular weight is 603 g/mol. The molecule has 0 aliphatic heterocycles. The Bertz CT molecular complexity index is 1470. The second-order valence-electron chi connectivity index (χ2n) is 9.33. The van der Waals surface area contributed by atoms with Gasteiger partial charge in [0.2, 0.25) is 0 Å². The van der Waals surface area contributed by atoms with Crippen LogP contribution in [0.3, 0.4) is 0 Å². The quantitative estimate of drug-likeness (QED) is 0.310. The van der Waals surface area contributed by atoms with Crippen molar-refractivity contribution in [2.45, 2.75) is 31.9 Å². The highest BCUT2D eigenvalue weighted by Crippen LogP contribution is 2.54. The summed E-state index contributed by atoms with van der Waals surface area (Å²) < 4.78 is 106. The van der Waals surface area contributed by atoms with Gasteiger partial charge in [0.25, 0.3) is 11.8 Å². The molecule has 0 heterocycles. The lowest BCUT2D eigenvalue weighted by Gasteiger charge is -2.32. The van der Waals surface area contributed by atoms with Gasteiger partial charge in [-0.3, -0.25) is 13.8 Å². The summed E-state index contributed by atoms with van der Waals surface area (Å²) in [5.41, 5.74) is -6.40. The zero-order valence-electron chi connectivity index (χ0n) is 22.2. The van der Waals surface area contributed by atoms with E-state index in [1.54, 1.807) is 30.3 Å². The molecular weight excluding hydrogens is 577 g/mol. The summed E-state index contributed by atoms with van der Waals surface area (Å²) in [6.07, 6.45) is -11.1. The fourth-order valence-corrected chi connectivity index (χ4v) is 4.81. The minimum Gasteiger partial charge on any atom is -0.340 e. The van der Waals surface area contributed by atoms with Gasteiger partial charge in [0.15, 0.2) is 0 Å². The number of carbonyl (C=O) groups excluding carboxylic acids is 2. The molecule has 0 aromatic heterocycles. The van der Waals surface area contributed by atoms with Gasteiger partial charge in [-0.05, 0) is 54.3 Å². The van der Waals surface area contributed by atoms with E-state index in [1.807, 2.05) is 0 Å². The van der Waals surface area contributed by atoms with Crippen LogP contribution in [0.15, 0.2) is 60.7 Å². The lowest BCUT2D eigenvalue weighted by atomic mass is 9.90. The first-order chi connectivity index (χ1) is 18.9. The maximum atomic E-state index is 14.7. The van der Waals surface area contributed by atoms with Crippen molar-refractivity contribution in [3.8, 4) is 11.1 Å². The van der Waals surface area contributed by atoms with Crippen molar-refractivity contribution in [3.05, 3.63) is 88.5 Å². The molecule has 0 saturated heterocycles. The highest BCUT2D eigenvalue weighted by molar-refractivity contribution is 7.84. The number of halogens is 7. The maximum Gasteiger partial charge on any atom is 0.435 e. The van der Waals surface area contributed by atoms with Crippen LogP contribution in [0.25, 0.3) is 11.1 Å². The Labute approximate surface area is 233 Å². The molecule has 41 heavy (non-hydrogen) atoms. The second-order valence-corrected chi connectivity index (χ2v) is 10.8. The Morgan fingerprint density at radius 3 is 1.95 bits per heavy atom. The Kier molecular flexibility index (Phi) is 9.02. The minimum absolute atomic E-state index is 0.000877. The van der Waals surface area contributed by atoms with Crippen molar-refractivity contribution in [2.75, 3.05) is 24.1 Å². The number of alkyl halides is 7. The standard InChI is InChI=1S/C28H25F7N2O3S/c1-16-12-20(26(29,27(30,31)32)28(33,34)35)13-17(2)23(16)37(3)25(39)22-11-6-5-10-21(22)18-8-7-9-19(14-18)24(38)36-15-41(4)40/h5-14H,15H2,1-4H3,(H,36,38). The summed E-state index contributed by atoms with van der Waals surface area (Å²) in [4.78, 5) is 27.1. The molecule has 1 unspecified atom stereocenters. The molecule has 0 aliphatic carbocycles. The topological polar surface area (TPSA) is 66.5 Å². The summed E-state index contributed by atoms with van der Waals surface area (Å²) in [5.74, 6) is -1.21. The first kappa shape index (κ1) is 31.8. The average Bonchev–Trinajstić information content (AvgIpc) is 2.89. The van der Waals surface area contributed by atoms with Crippen molar-refractivity contribution < 1.29 is 44.5 Å². The van der Waals surface area contributed by atoms with E-state index in [-0.39, 0.29) is 33.8 Å². The fraction of sp³-hybridized carbons (Fsp3) is 0.286. The van der Waals surface area contributed by atoms with E-state index in [4.69, 9.17) is 0 Å². The van der Waals surface area contributed by atoms with Crippen LogP contribution in [0.2, 0.25) is 0 Å². The van der Waals surface area contributed by atoms with Gasteiger partial charge in [-0.1, -0.05) is 42.5 Å². The van der Waals surface area contributed by atoms with Crippen molar-refractivity contribution in [1.82, 2.24) is 5.32 Å². The molecule has 0 aliphatic rings. The number of rotatable bonds is 7. The van der Waals surface area contributed by atoms with E-state index in [2.05, 4.69) is 5.32 Å². The van der Waals surface area contributed by atoms with Crippen molar-refractivity contribution in [1.29, 1.82) is 0 Å². The zero-order chi connectivity index (χ0) is 30.9. The summed E-state index contributed by atoms with van der Waals surface area (Å²) in [6, 6.07) is 13.4. The molecule has 0 saturated carbocycles. The van der Waals surface area contributed by atoms with Crippen molar-refractivity contribution in [2.24, 2.45) is 0 Å². The van der Waals surface area contributed by atoms with E-state index in [1.165, 1.54) is 45.4 Å². The molecule has 3 aromatic rings. The SMILES string of the molecule is Cc1cc(C(F)(C(F)(F)F)C(F)(F)F)cc(C)c1N(C)C(=O)c1ccccc1-c1cccc(C(=O)NCS(C)=O)c1. The van der Waals surface area contributed by atoms with Gasteiger partial charge in [-0.15, -0.1) is 0 Å². The van der Waals surface area contributed by atoms with Crippen molar-refractivity contribution in [3.63, 3.8) is 0 Å². The lowest BCUT2D eigenvalue weighted by molar-refractivity contribution is -0.348. The molecule has 0 radical (unpaired) electrons. The summed E-state index contributed by atoms with van der Waals surface area (Å²) in [7, 11) is 0.0222. The minimum atomic E-state index is -6.27. The molecule has 1 atom stereocenters. The molecule has 5 nitrogen and oxygen atoms in total. The predicted molar refractivity (Wildman–Crippen MR) is 142 cm³/mol. The number of benzene rings is 3. The summed E-state index contributed by atoms with van der Waals surface area (Å²) in [5, 5.41) is 2.52. The monoisotopic (exact) mass is 602 g/mol. The lowest BCUT2D eigenvalue weighted by Crippen LogP contribution is -2.50. The smallest absolute Gasteiger partial charge is 0.340 e. The summed E-state index contributed by atoms with van der Waals surface area (Å²) in [6.45, 7) is 2.36. The first-order valence-electron chi connectivity index (χ1n) is 11.9. The van der Waals surface area contributed by atoms with Crippen LogP contribution < -0.4 is 10.2 Å². The highest BCUT2D eigenvalue weighted by atomic mass is 32.2. The number of hydrogen-bond donors (Lipinski definition) is 1. The molecule has 3 rings (SSSR count). The highest BCUT2D eigenvalue weighted by Gasteiger charge is 2.73. The first-order valence-corrected chi connectivity index (χ1v) is 13.6. The van der Waals surface area contributed by atoms with E-state index in [0.717, 1.165) is 4.90 Å². The Hall–Kier alpha value is -3.74. The molecule has 1 N–H and O–H groups in total. The van der Waals surface area contributed by atoms with Crippen LogP contribution in [0.5, 0.6) is 0 Å². The number of anilines is 1. The van der Waals surface area contributed by atoms with Gasteiger partial charge in [-0.2, -0.15) is 26.3 Å². The predicted octanol–water partition coefficient (Wildman–Crippen LogP) is 6.60. The third-order valence-corrected chi connectivity index (χ3v) is 6.89. The molecule has 13 heteroatoms. The molecule has 0 fully saturated rings. The number of aryl methyl sites for hydroxylation is 2. The van der Waals surface area contributed by atoms with E-state index in [9.17, 15) is 44.5 Å². The Balaban J connectivity index is 2.04. The van der Waals surface area contributed by atoms with E-state index < -0.39 is 46.2 Å². The van der Waals surface area contributed by atoms with Gasteiger partial charge in [0, 0.05) is 46.5 Å². The number of carbonyl (C=O) groups is 2. The molecular formula is C28H25F7N2O3S. The van der Waals surface area contributed by atoms with E-state index in [0.29, 0.717) is 23.3 Å². The zero-order valence-corrected chi connectivity index (χ0v) is 23.0. The summed E-state index contributed by atoms with van der Waals surface area (Å²) >= 11 is 0. The van der Waals surface area contributed by atoms with Crippen LogP contribution in [0, 0.1) is 13.8 Å². The second kappa shape index (κ2) is 11.6. The maximum absolute atomic E-state index is 14.7. The van der Waals surface area contributed by atoms with Crippen LogP contribution in [-0.2, 0) is 16.5 Å². The third-order valence-electron chi connectivity index (χ3n) is 6.34. The van der Waals surface area contributed by atoms with Crippen LogP contribution in [-0.4, -0.2) is 47.6 Å². The molecule has 0 spiro atoms. The van der Waals surface area contributed by atoms with Crippen LogP contribution >= 0.6 is 0 Å². The van der Waals surface area contributed by atoms with Gasteiger partial charge in [-0.25, -0.2) is 4.39 Å². The van der Waals surface area contributed by atoms with Gasteiger partial charge < -0.3 is 10.2 Å². The molecule has 3 aromatic carbocycles. The molecule has 220 valence electrons. The van der Waals surface area contributed by atoms with Crippen LogP contribution in [0.4, 0.5) is 36.4 Å². The third kappa shape index (κ3) is 6.29. The molecule has 2 amide bonds. The number of amides is 2. The number of nitrogens with one attached hydrogen (secondary N) is 1. The van der Waals surface area contributed by atoms with Gasteiger partial charge in [0.05, 0.1) is 5.88 Å². The Morgan fingerprint density at radius 1 is 0.854 bits per heavy atom. The number of nitrogens with zero attached hydrogens (tertiary/aromatic N) is 1.